The largest absolute Gasteiger partial charge is 0.382 e. The average Bonchev–Trinajstić information content (AvgIpc) is 2.68. The first-order valence-electron chi connectivity index (χ1n) is 6.45. The first-order chi connectivity index (χ1) is 8.50. The number of carbonyl (C=O) groups is 1. The van der Waals surface area contributed by atoms with Crippen molar-refractivity contribution in [3.63, 3.8) is 0 Å². The van der Waals surface area contributed by atoms with Gasteiger partial charge in [-0.3, -0.25) is 9.78 Å². The molecule has 98 valence electrons. The van der Waals surface area contributed by atoms with Crippen molar-refractivity contribution >= 4 is 11.6 Å². The molecule has 2 N–H and O–H groups in total. The fraction of sp³-hybridized carbons (Fsp3) is 0.571. The van der Waals surface area contributed by atoms with Gasteiger partial charge in [0.05, 0.1) is 0 Å². The number of anilines is 1. The van der Waals surface area contributed by atoms with Gasteiger partial charge in [-0.1, -0.05) is 13.8 Å². The molecule has 4 nitrogen and oxygen atoms in total. The zero-order chi connectivity index (χ0) is 13.2. The van der Waals surface area contributed by atoms with E-state index in [1.807, 2.05) is 12.1 Å². The van der Waals surface area contributed by atoms with E-state index in [1.165, 1.54) is 19.3 Å². The van der Waals surface area contributed by atoms with Crippen LogP contribution in [0.4, 0.5) is 5.69 Å². The number of pyridine rings is 1. The molecule has 18 heavy (non-hydrogen) atoms. The number of amides is 1. The van der Waals surface area contributed by atoms with Gasteiger partial charge in [0.2, 0.25) is 0 Å². The summed E-state index contributed by atoms with van der Waals surface area (Å²) >= 11 is 0. The van der Waals surface area contributed by atoms with E-state index in [-0.39, 0.29) is 5.91 Å². The summed E-state index contributed by atoms with van der Waals surface area (Å²) in [6, 6.07) is 4.22. The second-order valence-corrected chi connectivity index (χ2v) is 5.76. The summed E-state index contributed by atoms with van der Waals surface area (Å²) in [6.07, 6.45) is 5.28. The topological polar surface area (TPSA) is 54.0 Å². The van der Waals surface area contributed by atoms with Crippen LogP contribution in [-0.4, -0.2) is 24.0 Å². The SMILES string of the molecule is CNC(=O)c1cc(NC2CCC(C)(C)C2)ccn1. The molecule has 1 heterocycles. The highest BCUT2D eigenvalue weighted by atomic mass is 16.1. The van der Waals surface area contributed by atoms with E-state index in [4.69, 9.17) is 0 Å². The van der Waals surface area contributed by atoms with Crippen molar-refractivity contribution in [2.45, 2.75) is 39.2 Å². The number of hydrogen-bond donors (Lipinski definition) is 2. The van der Waals surface area contributed by atoms with Crippen molar-refractivity contribution in [3.05, 3.63) is 24.0 Å². The van der Waals surface area contributed by atoms with E-state index >= 15 is 0 Å². The molecule has 1 saturated carbocycles. The first-order valence-corrected chi connectivity index (χ1v) is 6.45. The summed E-state index contributed by atoms with van der Waals surface area (Å²) < 4.78 is 0. The van der Waals surface area contributed by atoms with Crippen LogP contribution in [0.5, 0.6) is 0 Å². The Morgan fingerprint density at radius 3 is 2.89 bits per heavy atom. The van der Waals surface area contributed by atoms with Gasteiger partial charge >= 0.3 is 0 Å². The van der Waals surface area contributed by atoms with Gasteiger partial charge in [0, 0.05) is 25.0 Å². The van der Waals surface area contributed by atoms with Gasteiger partial charge in [0.1, 0.15) is 5.69 Å². The number of hydrogen-bond acceptors (Lipinski definition) is 3. The summed E-state index contributed by atoms with van der Waals surface area (Å²) in [5, 5.41) is 6.08. The lowest BCUT2D eigenvalue weighted by Crippen LogP contribution is -2.21. The van der Waals surface area contributed by atoms with Crippen LogP contribution in [0.15, 0.2) is 18.3 Å². The third-order valence-electron chi connectivity index (χ3n) is 3.56. The smallest absolute Gasteiger partial charge is 0.269 e. The van der Waals surface area contributed by atoms with Gasteiger partial charge in [0.15, 0.2) is 0 Å². The van der Waals surface area contributed by atoms with Crippen LogP contribution in [0.2, 0.25) is 0 Å². The molecule has 1 aromatic heterocycles. The molecule has 4 heteroatoms. The minimum absolute atomic E-state index is 0.148. The van der Waals surface area contributed by atoms with E-state index < -0.39 is 0 Å². The number of nitrogens with one attached hydrogen (secondary N) is 2. The molecule has 0 aromatic carbocycles. The molecule has 0 saturated heterocycles. The third-order valence-corrected chi connectivity index (χ3v) is 3.56. The highest BCUT2D eigenvalue weighted by Crippen LogP contribution is 2.38. The quantitative estimate of drug-likeness (QED) is 0.862. The monoisotopic (exact) mass is 247 g/mol. The number of aromatic nitrogens is 1. The molecular formula is C14H21N3O. The van der Waals surface area contributed by atoms with Gasteiger partial charge in [-0.15, -0.1) is 0 Å². The molecule has 1 amide bonds. The van der Waals surface area contributed by atoms with Crippen LogP contribution in [0.25, 0.3) is 0 Å². The summed E-state index contributed by atoms with van der Waals surface area (Å²) in [4.78, 5) is 15.6. The molecule has 1 aliphatic rings. The van der Waals surface area contributed by atoms with Crippen LogP contribution >= 0.6 is 0 Å². The van der Waals surface area contributed by atoms with Crippen molar-refractivity contribution in [2.75, 3.05) is 12.4 Å². The fourth-order valence-electron chi connectivity index (χ4n) is 2.57. The Kier molecular flexibility index (Phi) is 3.55. The Hall–Kier alpha value is -1.58. The van der Waals surface area contributed by atoms with Crippen LogP contribution in [0, 0.1) is 5.41 Å². The lowest BCUT2D eigenvalue weighted by atomic mass is 9.92. The molecule has 1 aliphatic carbocycles. The second-order valence-electron chi connectivity index (χ2n) is 5.76. The molecule has 1 aromatic rings. The molecule has 1 atom stereocenters. The van der Waals surface area contributed by atoms with E-state index in [9.17, 15) is 4.79 Å². The summed E-state index contributed by atoms with van der Waals surface area (Å²) in [6.45, 7) is 4.61. The summed E-state index contributed by atoms with van der Waals surface area (Å²) in [7, 11) is 1.61. The molecule has 0 radical (unpaired) electrons. The number of rotatable bonds is 3. The van der Waals surface area contributed by atoms with Crippen molar-refractivity contribution in [2.24, 2.45) is 5.41 Å². The lowest BCUT2D eigenvalue weighted by Gasteiger charge is -2.18. The van der Waals surface area contributed by atoms with Gasteiger partial charge in [-0.05, 0) is 36.8 Å². The Labute approximate surface area is 108 Å². The maximum atomic E-state index is 11.5. The maximum Gasteiger partial charge on any atom is 0.269 e. The van der Waals surface area contributed by atoms with Crippen molar-refractivity contribution in [1.82, 2.24) is 10.3 Å². The normalized spacial score (nSPS) is 21.6. The Bertz CT molecular complexity index is 442. The van der Waals surface area contributed by atoms with Crippen LogP contribution < -0.4 is 10.6 Å². The third kappa shape index (κ3) is 3.00. The number of nitrogens with zero attached hydrogens (tertiary/aromatic N) is 1. The van der Waals surface area contributed by atoms with Crippen LogP contribution in [-0.2, 0) is 0 Å². The Morgan fingerprint density at radius 2 is 2.28 bits per heavy atom. The predicted molar refractivity (Wildman–Crippen MR) is 72.7 cm³/mol. The minimum Gasteiger partial charge on any atom is -0.382 e. The highest BCUT2D eigenvalue weighted by molar-refractivity contribution is 5.92. The average molecular weight is 247 g/mol. The fourth-order valence-corrected chi connectivity index (χ4v) is 2.57. The molecule has 0 bridgehead atoms. The first kappa shape index (κ1) is 12.9. The molecule has 2 rings (SSSR count). The highest BCUT2D eigenvalue weighted by Gasteiger charge is 2.30. The van der Waals surface area contributed by atoms with Crippen molar-refractivity contribution < 1.29 is 4.79 Å². The lowest BCUT2D eigenvalue weighted by molar-refractivity contribution is 0.0958. The molecule has 1 fully saturated rings. The summed E-state index contributed by atoms with van der Waals surface area (Å²) in [5.41, 5.74) is 1.86. The Balaban J connectivity index is 2.04. The molecular weight excluding hydrogens is 226 g/mol. The zero-order valence-corrected chi connectivity index (χ0v) is 11.3. The van der Waals surface area contributed by atoms with Crippen molar-refractivity contribution in [1.29, 1.82) is 0 Å². The van der Waals surface area contributed by atoms with Crippen molar-refractivity contribution in [3.8, 4) is 0 Å². The van der Waals surface area contributed by atoms with E-state index in [1.54, 1.807) is 13.2 Å². The van der Waals surface area contributed by atoms with E-state index in [0.717, 1.165) is 5.69 Å². The minimum atomic E-state index is -0.148. The summed E-state index contributed by atoms with van der Waals surface area (Å²) in [5.74, 6) is -0.148. The zero-order valence-electron chi connectivity index (χ0n) is 11.3. The van der Waals surface area contributed by atoms with E-state index in [2.05, 4.69) is 29.5 Å². The van der Waals surface area contributed by atoms with Gasteiger partial charge in [0.25, 0.3) is 5.91 Å². The molecule has 0 spiro atoms. The second kappa shape index (κ2) is 4.96. The van der Waals surface area contributed by atoms with E-state index in [0.29, 0.717) is 17.2 Å². The van der Waals surface area contributed by atoms with Gasteiger partial charge in [-0.2, -0.15) is 0 Å². The maximum absolute atomic E-state index is 11.5. The standard InChI is InChI=1S/C14H21N3O/c1-14(2)6-4-11(9-14)17-10-5-7-16-12(8-10)13(18)15-3/h5,7-8,11H,4,6,9H2,1-3H3,(H,15,18)(H,16,17). The van der Waals surface area contributed by atoms with Crippen LogP contribution in [0.3, 0.4) is 0 Å². The Morgan fingerprint density at radius 1 is 1.50 bits per heavy atom. The van der Waals surface area contributed by atoms with Crippen LogP contribution in [0.1, 0.15) is 43.6 Å². The molecule has 1 unspecified atom stereocenters. The predicted octanol–water partition coefficient (Wildman–Crippen LogP) is 2.43. The van der Waals surface area contributed by atoms with Gasteiger partial charge < -0.3 is 10.6 Å². The molecule has 0 aliphatic heterocycles. The van der Waals surface area contributed by atoms with Gasteiger partial charge in [-0.25, -0.2) is 0 Å². The number of carbonyl (C=O) groups excluding carboxylic acids is 1.